The molecule has 0 aromatic carbocycles. The maximum Gasteiger partial charge on any atom is 0.320 e. The van der Waals surface area contributed by atoms with E-state index < -0.39 is 23.8 Å². The third-order valence-corrected chi connectivity index (χ3v) is 3.28. The summed E-state index contributed by atoms with van der Waals surface area (Å²) in [7, 11) is 0. The van der Waals surface area contributed by atoms with Gasteiger partial charge in [0.1, 0.15) is 0 Å². The molecule has 108 valence electrons. The van der Waals surface area contributed by atoms with Crippen LogP contribution in [-0.4, -0.2) is 21.9 Å². The van der Waals surface area contributed by atoms with E-state index >= 15 is 0 Å². The van der Waals surface area contributed by atoms with Crippen LogP contribution in [0.15, 0.2) is 49.1 Å². The van der Waals surface area contributed by atoms with E-state index in [1.807, 2.05) is 0 Å². The van der Waals surface area contributed by atoms with Crippen LogP contribution in [0.3, 0.4) is 0 Å². The summed E-state index contributed by atoms with van der Waals surface area (Å²) in [6.07, 6.45) is 6.41. The minimum absolute atomic E-state index is 0.538. The minimum Gasteiger partial charge on any atom is -0.392 e. The molecule has 5 heteroatoms. The molecule has 0 amide bonds. The Morgan fingerprint density at radius 2 is 1.33 bits per heavy atom. The van der Waals surface area contributed by atoms with Crippen molar-refractivity contribution in [2.75, 3.05) is 0 Å². The lowest BCUT2D eigenvalue weighted by molar-refractivity contribution is -0.161. The van der Waals surface area contributed by atoms with Crippen LogP contribution in [0.25, 0.3) is 0 Å². The molecular weight excluding hydrogens is 268 g/mol. The summed E-state index contributed by atoms with van der Waals surface area (Å²) in [5.41, 5.74) is 1.42. The Hall–Kier alpha value is -2.56. The van der Waals surface area contributed by atoms with Crippen LogP contribution in [0.1, 0.15) is 36.8 Å². The molecule has 5 nitrogen and oxygen atoms in total. The van der Waals surface area contributed by atoms with Crippen molar-refractivity contribution in [1.82, 2.24) is 9.97 Å². The van der Waals surface area contributed by atoms with Gasteiger partial charge in [-0.25, -0.2) is 0 Å². The van der Waals surface area contributed by atoms with Gasteiger partial charge >= 0.3 is 11.9 Å². The van der Waals surface area contributed by atoms with Crippen LogP contribution in [-0.2, 0) is 14.3 Å². The lowest BCUT2D eigenvalue weighted by Crippen LogP contribution is -2.21. The van der Waals surface area contributed by atoms with Gasteiger partial charge < -0.3 is 4.74 Å². The van der Waals surface area contributed by atoms with E-state index in [4.69, 9.17) is 4.74 Å². The molecule has 0 radical (unpaired) electrons. The number of hydrogen-bond donors (Lipinski definition) is 0. The Kier molecular flexibility index (Phi) is 4.77. The topological polar surface area (TPSA) is 69.2 Å². The van der Waals surface area contributed by atoms with Gasteiger partial charge in [0.2, 0.25) is 0 Å². The zero-order valence-electron chi connectivity index (χ0n) is 11.9. The van der Waals surface area contributed by atoms with Crippen molar-refractivity contribution in [3.63, 3.8) is 0 Å². The normalized spacial score (nSPS) is 13.2. The molecule has 0 bridgehead atoms. The third kappa shape index (κ3) is 3.72. The molecule has 0 aliphatic carbocycles. The maximum atomic E-state index is 12.0. The number of carbonyl (C=O) groups is 2. The first-order valence-electron chi connectivity index (χ1n) is 6.65. The molecule has 0 saturated heterocycles. The molecule has 0 aliphatic rings. The van der Waals surface area contributed by atoms with Crippen LogP contribution < -0.4 is 0 Å². The van der Waals surface area contributed by atoms with Crippen LogP contribution in [0.2, 0.25) is 0 Å². The molecule has 0 fully saturated rings. The highest BCUT2D eigenvalue weighted by atomic mass is 16.6. The van der Waals surface area contributed by atoms with Gasteiger partial charge in [0, 0.05) is 24.8 Å². The van der Waals surface area contributed by atoms with E-state index in [2.05, 4.69) is 9.97 Å². The summed E-state index contributed by atoms with van der Waals surface area (Å²) >= 11 is 0. The van der Waals surface area contributed by atoms with Crippen molar-refractivity contribution in [2.24, 2.45) is 0 Å². The SMILES string of the molecule is CC(C(=O)OC(=O)C(C)c1cccnc1)c1cccnc1. The highest BCUT2D eigenvalue weighted by Crippen LogP contribution is 2.19. The molecule has 0 N–H and O–H groups in total. The molecule has 2 aromatic rings. The van der Waals surface area contributed by atoms with Crippen molar-refractivity contribution in [1.29, 1.82) is 0 Å². The number of pyridine rings is 2. The van der Waals surface area contributed by atoms with Gasteiger partial charge in [-0.3, -0.25) is 19.6 Å². The Bertz CT molecular complexity index is 558. The fourth-order valence-corrected chi connectivity index (χ4v) is 1.81. The lowest BCUT2D eigenvalue weighted by Gasteiger charge is -2.13. The molecule has 2 heterocycles. The van der Waals surface area contributed by atoms with Crippen LogP contribution in [0.5, 0.6) is 0 Å². The molecule has 0 aliphatic heterocycles. The highest BCUT2D eigenvalue weighted by molar-refractivity contribution is 5.91. The summed E-state index contributed by atoms with van der Waals surface area (Å²) < 4.78 is 4.95. The number of esters is 2. The molecular formula is C16H16N2O3. The Morgan fingerprint density at radius 1 is 0.905 bits per heavy atom. The number of aromatic nitrogens is 2. The van der Waals surface area contributed by atoms with Crippen molar-refractivity contribution < 1.29 is 14.3 Å². The van der Waals surface area contributed by atoms with E-state index in [1.54, 1.807) is 62.9 Å². The molecule has 2 atom stereocenters. The molecule has 2 rings (SSSR count). The second kappa shape index (κ2) is 6.74. The van der Waals surface area contributed by atoms with Crippen LogP contribution in [0, 0.1) is 0 Å². The van der Waals surface area contributed by atoms with E-state index in [-0.39, 0.29) is 0 Å². The van der Waals surface area contributed by atoms with E-state index in [1.165, 1.54) is 0 Å². The quantitative estimate of drug-likeness (QED) is 0.637. The average molecular weight is 284 g/mol. The maximum absolute atomic E-state index is 12.0. The molecule has 2 aromatic heterocycles. The summed E-state index contributed by atoms with van der Waals surface area (Å²) in [4.78, 5) is 31.9. The average Bonchev–Trinajstić information content (AvgIpc) is 2.55. The predicted molar refractivity (Wildman–Crippen MR) is 76.4 cm³/mol. The van der Waals surface area contributed by atoms with E-state index in [0.717, 1.165) is 0 Å². The number of nitrogens with zero attached hydrogens (tertiary/aromatic N) is 2. The zero-order chi connectivity index (χ0) is 15.2. The predicted octanol–water partition coefficient (Wildman–Crippen LogP) is 2.45. The van der Waals surface area contributed by atoms with E-state index in [0.29, 0.717) is 11.1 Å². The number of rotatable bonds is 4. The van der Waals surface area contributed by atoms with Gasteiger partial charge in [-0.15, -0.1) is 0 Å². The lowest BCUT2D eigenvalue weighted by atomic mass is 10.0. The van der Waals surface area contributed by atoms with Gasteiger partial charge in [0.15, 0.2) is 0 Å². The smallest absolute Gasteiger partial charge is 0.320 e. The highest BCUT2D eigenvalue weighted by Gasteiger charge is 2.24. The van der Waals surface area contributed by atoms with Crippen LogP contribution >= 0.6 is 0 Å². The standard InChI is InChI=1S/C16H16N2O3/c1-11(13-5-3-7-17-9-13)15(19)21-16(20)12(2)14-6-4-8-18-10-14/h3-12H,1-2H3. The Morgan fingerprint density at radius 3 is 1.67 bits per heavy atom. The summed E-state index contributed by atoms with van der Waals surface area (Å²) in [6, 6.07) is 7.01. The van der Waals surface area contributed by atoms with Crippen molar-refractivity contribution in [3.05, 3.63) is 60.2 Å². The summed E-state index contributed by atoms with van der Waals surface area (Å²) in [6.45, 7) is 3.36. The molecule has 21 heavy (non-hydrogen) atoms. The summed E-state index contributed by atoms with van der Waals surface area (Å²) in [5.74, 6) is -2.24. The molecule has 0 spiro atoms. The van der Waals surface area contributed by atoms with Crippen LogP contribution in [0.4, 0.5) is 0 Å². The van der Waals surface area contributed by atoms with Crippen molar-refractivity contribution >= 4 is 11.9 Å². The number of hydrogen-bond acceptors (Lipinski definition) is 5. The fourth-order valence-electron chi connectivity index (χ4n) is 1.81. The molecule has 0 saturated carbocycles. The largest absolute Gasteiger partial charge is 0.392 e. The minimum atomic E-state index is -0.580. The van der Waals surface area contributed by atoms with Crippen molar-refractivity contribution in [3.8, 4) is 0 Å². The van der Waals surface area contributed by atoms with Gasteiger partial charge in [-0.2, -0.15) is 0 Å². The van der Waals surface area contributed by atoms with Gasteiger partial charge in [0.05, 0.1) is 11.8 Å². The monoisotopic (exact) mass is 284 g/mol. The Balaban J connectivity index is 2.01. The first-order chi connectivity index (χ1) is 10.1. The van der Waals surface area contributed by atoms with Gasteiger partial charge in [0.25, 0.3) is 0 Å². The van der Waals surface area contributed by atoms with Crippen molar-refractivity contribution in [2.45, 2.75) is 25.7 Å². The van der Waals surface area contributed by atoms with Gasteiger partial charge in [-0.05, 0) is 37.1 Å². The first-order valence-corrected chi connectivity index (χ1v) is 6.65. The summed E-state index contributed by atoms with van der Waals surface area (Å²) in [5, 5.41) is 0. The number of carbonyl (C=O) groups excluding carboxylic acids is 2. The third-order valence-electron chi connectivity index (χ3n) is 3.28. The number of ether oxygens (including phenoxy) is 1. The van der Waals surface area contributed by atoms with Gasteiger partial charge in [-0.1, -0.05) is 12.1 Å². The fraction of sp³-hybridized carbons (Fsp3) is 0.250. The first kappa shape index (κ1) is 14.8. The van der Waals surface area contributed by atoms with E-state index in [9.17, 15) is 9.59 Å². The molecule has 2 unspecified atom stereocenters. The second-order valence-corrected chi connectivity index (χ2v) is 4.76. The second-order valence-electron chi connectivity index (χ2n) is 4.76. The zero-order valence-corrected chi connectivity index (χ0v) is 11.9. The Labute approximate surface area is 123 Å².